The molecule has 1 heterocycles. The van der Waals surface area contributed by atoms with E-state index in [-0.39, 0.29) is 5.91 Å². The van der Waals surface area contributed by atoms with E-state index in [1.807, 2.05) is 48.5 Å². The quantitative estimate of drug-likeness (QED) is 0.648. The van der Waals surface area contributed by atoms with Gasteiger partial charge in [-0.25, -0.2) is 0 Å². The topological polar surface area (TPSA) is 63.9 Å². The fourth-order valence-corrected chi connectivity index (χ4v) is 3.64. The van der Waals surface area contributed by atoms with E-state index in [1.54, 1.807) is 23.7 Å². The Hall–Kier alpha value is -2.67. The van der Waals surface area contributed by atoms with Crippen molar-refractivity contribution in [3.63, 3.8) is 0 Å². The summed E-state index contributed by atoms with van der Waals surface area (Å²) in [5.41, 5.74) is 4.18. The minimum absolute atomic E-state index is 0.00385. The second kappa shape index (κ2) is 7.70. The molecule has 7 heteroatoms. The smallest absolute Gasteiger partial charge is 0.240 e. The number of thioether (sulfide) groups is 1. The van der Waals surface area contributed by atoms with Gasteiger partial charge in [-0.05, 0) is 53.1 Å². The highest BCUT2D eigenvalue weighted by Gasteiger charge is 2.26. The van der Waals surface area contributed by atoms with Crippen LogP contribution in [0.4, 0.5) is 0 Å². The molecular weight excluding hydrogens is 346 g/mol. The van der Waals surface area contributed by atoms with E-state index in [9.17, 15) is 4.79 Å². The number of hydrogen-bond donors (Lipinski definition) is 0. The van der Waals surface area contributed by atoms with E-state index in [4.69, 9.17) is 0 Å². The summed E-state index contributed by atoms with van der Waals surface area (Å²) in [4.78, 5) is 14.3. The number of nitrogens with zero attached hydrogens (tertiary/aromatic N) is 5. The predicted octanol–water partition coefficient (Wildman–Crippen LogP) is 3.20. The second-order valence-corrected chi connectivity index (χ2v) is 7.36. The van der Waals surface area contributed by atoms with Crippen molar-refractivity contribution >= 4 is 17.7 Å². The van der Waals surface area contributed by atoms with Gasteiger partial charge in [-0.1, -0.05) is 48.2 Å². The van der Waals surface area contributed by atoms with Crippen LogP contribution in [-0.2, 0) is 4.79 Å². The van der Waals surface area contributed by atoms with Gasteiger partial charge in [0.2, 0.25) is 11.1 Å². The number of amides is 1. The molecular formula is C19H21N5OS. The molecule has 134 valence electrons. The Morgan fingerprint density at radius 2 is 1.81 bits per heavy atom. The fraction of sp³-hybridized carbons (Fsp3) is 0.263. The zero-order valence-electron chi connectivity index (χ0n) is 15.2. The van der Waals surface area contributed by atoms with Crippen molar-refractivity contribution in [2.24, 2.45) is 0 Å². The van der Waals surface area contributed by atoms with Crippen LogP contribution in [0.15, 0.2) is 53.7 Å². The molecule has 1 aromatic heterocycles. The first kappa shape index (κ1) is 18.1. The number of carbonyl (C=O) groups is 1. The molecule has 3 aromatic rings. The molecule has 3 rings (SSSR count). The summed E-state index contributed by atoms with van der Waals surface area (Å²) >= 11 is 1.35. The third kappa shape index (κ3) is 3.77. The predicted molar refractivity (Wildman–Crippen MR) is 102 cm³/mol. The molecule has 0 N–H and O–H groups in total. The number of tetrazole rings is 1. The van der Waals surface area contributed by atoms with Gasteiger partial charge in [0, 0.05) is 14.1 Å². The Balaban J connectivity index is 1.97. The highest BCUT2D eigenvalue weighted by atomic mass is 32.2. The molecule has 1 amide bonds. The molecule has 0 spiro atoms. The van der Waals surface area contributed by atoms with Crippen molar-refractivity contribution in [2.75, 3.05) is 14.1 Å². The lowest BCUT2D eigenvalue weighted by molar-refractivity contribution is -0.128. The van der Waals surface area contributed by atoms with Crippen LogP contribution in [0.3, 0.4) is 0 Å². The highest BCUT2D eigenvalue weighted by Crippen LogP contribution is 2.35. The van der Waals surface area contributed by atoms with Crippen molar-refractivity contribution in [1.29, 1.82) is 0 Å². The Kier molecular flexibility index (Phi) is 5.37. The number of benzene rings is 2. The van der Waals surface area contributed by atoms with Crippen LogP contribution in [-0.4, -0.2) is 45.1 Å². The van der Waals surface area contributed by atoms with E-state index in [0.717, 1.165) is 16.8 Å². The molecule has 0 bridgehead atoms. The zero-order chi connectivity index (χ0) is 18.7. The minimum Gasteiger partial charge on any atom is -0.348 e. The number of aromatic nitrogens is 4. The first-order chi connectivity index (χ1) is 12.5. The van der Waals surface area contributed by atoms with Crippen LogP contribution in [0.25, 0.3) is 5.69 Å². The summed E-state index contributed by atoms with van der Waals surface area (Å²) in [6.07, 6.45) is 0. The lowest BCUT2D eigenvalue weighted by Crippen LogP contribution is -2.27. The van der Waals surface area contributed by atoms with Gasteiger partial charge in [0.25, 0.3) is 0 Å². The van der Waals surface area contributed by atoms with Crippen LogP contribution < -0.4 is 0 Å². The van der Waals surface area contributed by atoms with Gasteiger partial charge >= 0.3 is 0 Å². The average molecular weight is 367 g/mol. The molecule has 6 nitrogen and oxygen atoms in total. The lowest BCUT2D eigenvalue weighted by atomic mass is 10.1. The third-order valence-electron chi connectivity index (χ3n) is 4.17. The van der Waals surface area contributed by atoms with Gasteiger partial charge in [-0.2, -0.15) is 4.68 Å². The number of hydrogen-bond acceptors (Lipinski definition) is 5. The number of aryl methyl sites for hydroxylation is 2. The summed E-state index contributed by atoms with van der Waals surface area (Å²) in [5.74, 6) is -0.00385. The summed E-state index contributed by atoms with van der Waals surface area (Å²) in [6, 6.07) is 15.8. The summed E-state index contributed by atoms with van der Waals surface area (Å²) < 4.78 is 1.68. The van der Waals surface area contributed by atoms with E-state index >= 15 is 0 Å². The standard InChI is InChI=1S/C19H21N5OS/c1-13-10-11-16(12-14(13)2)24-19(20-21-22-24)26-17(18(25)23(3)4)15-8-6-5-7-9-15/h5-12,17H,1-4H3. The molecule has 0 fully saturated rings. The Morgan fingerprint density at radius 1 is 1.08 bits per heavy atom. The Bertz CT molecular complexity index is 907. The Labute approximate surface area is 157 Å². The summed E-state index contributed by atoms with van der Waals surface area (Å²) in [7, 11) is 3.51. The van der Waals surface area contributed by atoms with Gasteiger partial charge in [0.05, 0.1) is 5.69 Å². The molecule has 26 heavy (non-hydrogen) atoms. The molecule has 1 atom stereocenters. The van der Waals surface area contributed by atoms with Crippen molar-refractivity contribution in [1.82, 2.24) is 25.1 Å². The van der Waals surface area contributed by atoms with Crippen molar-refractivity contribution in [3.8, 4) is 5.69 Å². The van der Waals surface area contributed by atoms with Crippen LogP contribution in [0, 0.1) is 13.8 Å². The number of rotatable bonds is 5. The average Bonchev–Trinajstić information content (AvgIpc) is 3.10. The van der Waals surface area contributed by atoms with Crippen LogP contribution in [0.1, 0.15) is 21.9 Å². The molecule has 0 aliphatic rings. The van der Waals surface area contributed by atoms with E-state index in [1.165, 1.54) is 17.3 Å². The van der Waals surface area contributed by atoms with Gasteiger partial charge < -0.3 is 4.90 Å². The molecule has 0 aliphatic heterocycles. The number of carbonyl (C=O) groups excluding carboxylic acids is 1. The summed E-state index contributed by atoms with van der Waals surface area (Å²) in [6.45, 7) is 4.12. The maximum Gasteiger partial charge on any atom is 0.240 e. The summed E-state index contributed by atoms with van der Waals surface area (Å²) in [5, 5.41) is 12.2. The van der Waals surface area contributed by atoms with Crippen LogP contribution >= 0.6 is 11.8 Å². The van der Waals surface area contributed by atoms with Gasteiger partial charge in [0.1, 0.15) is 5.25 Å². The van der Waals surface area contributed by atoms with Gasteiger partial charge in [-0.3, -0.25) is 4.79 Å². The van der Waals surface area contributed by atoms with Crippen LogP contribution in [0.2, 0.25) is 0 Å². The fourth-order valence-electron chi connectivity index (χ4n) is 2.50. The van der Waals surface area contributed by atoms with E-state index in [0.29, 0.717) is 5.16 Å². The van der Waals surface area contributed by atoms with E-state index < -0.39 is 5.25 Å². The maximum atomic E-state index is 12.7. The molecule has 0 saturated heterocycles. The zero-order valence-corrected chi connectivity index (χ0v) is 16.1. The monoisotopic (exact) mass is 367 g/mol. The van der Waals surface area contributed by atoms with Crippen molar-refractivity contribution in [3.05, 3.63) is 65.2 Å². The molecule has 0 aliphatic carbocycles. The van der Waals surface area contributed by atoms with E-state index in [2.05, 4.69) is 29.4 Å². The maximum absolute atomic E-state index is 12.7. The molecule has 0 radical (unpaired) electrons. The minimum atomic E-state index is -0.414. The van der Waals surface area contributed by atoms with Crippen LogP contribution in [0.5, 0.6) is 0 Å². The molecule has 0 saturated carbocycles. The normalized spacial score (nSPS) is 12.0. The third-order valence-corrected chi connectivity index (χ3v) is 5.34. The van der Waals surface area contributed by atoms with Crippen molar-refractivity contribution < 1.29 is 4.79 Å². The SMILES string of the molecule is Cc1ccc(-n2nnnc2SC(C(=O)N(C)C)c2ccccc2)cc1C. The number of likely N-dealkylation sites (N-methyl/N-ethyl adjacent to an activating group) is 1. The first-order valence-electron chi connectivity index (χ1n) is 8.26. The largest absolute Gasteiger partial charge is 0.348 e. The molecule has 1 unspecified atom stereocenters. The Morgan fingerprint density at radius 3 is 2.46 bits per heavy atom. The van der Waals surface area contributed by atoms with Crippen molar-refractivity contribution in [2.45, 2.75) is 24.3 Å². The highest BCUT2D eigenvalue weighted by molar-refractivity contribution is 8.00. The second-order valence-electron chi connectivity index (χ2n) is 6.28. The first-order valence-corrected chi connectivity index (χ1v) is 9.14. The van der Waals surface area contributed by atoms with Gasteiger partial charge in [0.15, 0.2) is 0 Å². The molecule has 2 aromatic carbocycles. The lowest BCUT2D eigenvalue weighted by Gasteiger charge is -2.20. The van der Waals surface area contributed by atoms with Gasteiger partial charge in [-0.15, -0.1) is 5.10 Å².